The number of nitrogens with one attached hydrogen (secondary N) is 3. The molecule has 1 saturated heterocycles. The number of aryl methyl sites for hydroxylation is 1. The fourth-order valence-electron chi connectivity index (χ4n) is 3.53. The van der Waals surface area contributed by atoms with E-state index >= 15 is 0 Å². The van der Waals surface area contributed by atoms with Gasteiger partial charge in [0.1, 0.15) is 0 Å². The number of hydrazine groups is 1. The van der Waals surface area contributed by atoms with Crippen molar-refractivity contribution in [3.05, 3.63) is 29.8 Å². The summed E-state index contributed by atoms with van der Waals surface area (Å²) in [5.74, 6) is 4.12. The largest absolute Gasteiger partial charge is 0.325 e. The zero-order chi connectivity index (χ0) is 22.3. The van der Waals surface area contributed by atoms with E-state index in [2.05, 4.69) is 26.2 Å². The molecule has 11 heteroatoms. The number of nitrogens with zero attached hydrogens (tertiary/aromatic N) is 2. The van der Waals surface area contributed by atoms with Gasteiger partial charge in [0.05, 0.1) is 12.0 Å². The van der Waals surface area contributed by atoms with Crippen molar-refractivity contribution in [1.29, 1.82) is 0 Å². The normalized spacial score (nSPS) is 17.7. The van der Waals surface area contributed by atoms with Crippen LogP contribution in [0.5, 0.6) is 0 Å². The zero-order valence-corrected chi connectivity index (χ0v) is 20.0. The minimum Gasteiger partial charge on any atom is -0.325 e. The fourth-order valence-corrected chi connectivity index (χ4v) is 4.37. The van der Waals surface area contributed by atoms with E-state index in [-0.39, 0.29) is 11.0 Å². The second-order valence-corrected chi connectivity index (χ2v) is 9.98. The van der Waals surface area contributed by atoms with Gasteiger partial charge in [0.25, 0.3) is 0 Å². The average Bonchev–Trinajstić information content (AvgIpc) is 2.71. The van der Waals surface area contributed by atoms with Gasteiger partial charge in [-0.1, -0.05) is 59.4 Å². The first-order valence-electron chi connectivity index (χ1n) is 9.63. The highest BCUT2D eigenvalue weighted by atomic mass is 35.6. The number of thiocarbonyl (C=S) groups is 1. The molecule has 0 unspecified atom stereocenters. The van der Waals surface area contributed by atoms with Crippen molar-refractivity contribution in [2.45, 2.75) is 42.9 Å². The van der Waals surface area contributed by atoms with E-state index in [4.69, 9.17) is 52.9 Å². The van der Waals surface area contributed by atoms with Crippen molar-refractivity contribution in [1.82, 2.24) is 15.8 Å². The Bertz CT molecular complexity index is 780. The summed E-state index contributed by atoms with van der Waals surface area (Å²) in [6.07, 6.45) is 3.05. The lowest BCUT2D eigenvalue weighted by atomic mass is 9.91. The number of carbonyl (C=O) groups is 1. The summed E-state index contributed by atoms with van der Waals surface area (Å²) < 4.78 is -1.71. The Morgan fingerprint density at radius 2 is 1.87 bits per heavy atom. The molecular formula is C19H27Cl3N6OS. The van der Waals surface area contributed by atoms with Gasteiger partial charge in [-0.3, -0.25) is 20.5 Å². The van der Waals surface area contributed by atoms with Gasteiger partial charge in [0.15, 0.2) is 0 Å². The highest BCUT2D eigenvalue weighted by molar-refractivity contribution is 7.80. The Kier molecular flexibility index (Phi) is 9.59. The number of halogens is 3. The van der Waals surface area contributed by atoms with Crippen LogP contribution in [0.25, 0.3) is 0 Å². The van der Waals surface area contributed by atoms with Crippen molar-refractivity contribution in [2.75, 3.05) is 18.4 Å². The number of hydrogen-bond donors (Lipinski definition) is 4. The number of nitrogens with two attached hydrogens (primary N) is 1. The molecule has 7 nitrogen and oxygen atoms in total. The van der Waals surface area contributed by atoms with Gasteiger partial charge in [-0.15, -0.1) is 0 Å². The monoisotopic (exact) mass is 492 g/mol. The van der Waals surface area contributed by atoms with Gasteiger partial charge >= 0.3 is 0 Å². The molecule has 0 aromatic heterocycles. The lowest BCUT2D eigenvalue weighted by Gasteiger charge is -2.42. The van der Waals surface area contributed by atoms with Crippen LogP contribution in [-0.4, -0.2) is 44.6 Å². The molecule has 1 aromatic rings. The Morgan fingerprint density at radius 3 is 2.43 bits per heavy atom. The summed E-state index contributed by atoms with van der Waals surface area (Å²) in [5, 5.41) is 7.30. The topological polar surface area (TPSA) is 94.8 Å². The number of para-hydroxylation sites is 1. The summed E-state index contributed by atoms with van der Waals surface area (Å²) in [6.45, 7) is 5.07. The second-order valence-electron chi connectivity index (χ2n) is 7.20. The van der Waals surface area contributed by atoms with E-state index < -0.39 is 15.8 Å². The van der Waals surface area contributed by atoms with E-state index in [1.807, 2.05) is 31.2 Å². The molecule has 2 rings (SSSR count). The summed E-state index contributed by atoms with van der Waals surface area (Å²) in [7, 11) is 0. The summed E-state index contributed by atoms with van der Waals surface area (Å²) >= 11 is 24.2. The molecule has 1 aliphatic rings. The molecule has 5 N–H and O–H groups in total. The van der Waals surface area contributed by atoms with Crippen LogP contribution in [0.3, 0.4) is 0 Å². The smallest absolute Gasteiger partial charge is 0.235 e. The van der Waals surface area contributed by atoms with Crippen molar-refractivity contribution in [3.63, 3.8) is 0 Å². The molecule has 0 spiro atoms. The molecule has 30 heavy (non-hydrogen) atoms. The molecule has 0 radical (unpaired) electrons. The Balaban J connectivity index is 2.42. The van der Waals surface area contributed by atoms with E-state index in [0.29, 0.717) is 11.4 Å². The number of amides is 1. The maximum Gasteiger partial charge on any atom is 0.235 e. The molecule has 1 fully saturated rings. The van der Waals surface area contributed by atoms with Gasteiger partial charge < -0.3 is 5.32 Å². The molecule has 1 aromatic carbocycles. The first kappa shape index (κ1) is 25.1. The van der Waals surface area contributed by atoms with Gasteiger partial charge in [-0.25, -0.2) is 5.84 Å². The summed E-state index contributed by atoms with van der Waals surface area (Å²) in [5.41, 5.74) is 6.92. The standard InChI is InChI=1S/C19H27Cl3N6OS/c1-12-8-4-5-9-14(12)24-17(29)15(13(2)26-27-18(30)25-23)16(19(20,21)22)28-10-6-3-7-11-28/h4-5,8-9,15-16H,3,6-7,10-11,23H2,1-2H3,(H,24,29)(H2,25,27,30)/b26-13-/t15-,16+/m1/s1. The van der Waals surface area contributed by atoms with E-state index in [0.717, 1.165) is 37.9 Å². The predicted molar refractivity (Wildman–Crippen MR) is 129 cm³/mol. The maximum atomic E-state index is 13.5. The van der Waals surface area contributed by atoms with E-state index in [1.165, 1.54) is 0 Å². The third kappa shape index (κ3) is 6.93. The quantitative estimate of drug-likeness (QED) is 0.159. The number of carbonyl (C=O) groups excluding carboxylic acids is 1. The third-order valence-electron chi connectivity index (χ3n) is 5.04. The Morgan fingerprint density at radius 1 is 1.23 bits per heavy atom. The molecule has 0 bridgehead atoms. The van der Waals surface area contributed by atoms with Crippen LogP contribution in [0.1, 0.15) is 31.7 Å². The highest BCUT2D eigenvalue weighted by Gasteiger charge is 2.47. The minimum atomic E-state index is -1.71. The van der Waals surface area contributed by atoms with Gasteiger partial charge in [-0.05, 0) is 63.6 Å². The number of alkyl halides is 3. The summed E-state index contributed by atoms with van der Waals surface area (Å²) in [4.78, 5) is 15.5. The Labute approximate surface area is 197 Å². The van der Waals surface area contributed by atoms with Gasteiger partial charge in [-0.2, -0.15) is 5.10 Å². The lowest BCUT2D eigenvalue weighted by Crippen LogP contribution is -2.56. The molecule has 1 aliphatic heterocycles. The number of rotatable bonds is 6. The lowest BCUT2D eigenvalue weighted by molar-refractivity contribution is -0.119. The predicted octanol–water partition coefficient (Wildman–Crippen LogP) is 3.49. The molecule has 0 aliphatic carbocycles. The van der Waals surface area contributed by atoms with Gasteiger partial charge in [0, 0.05) is 11.4 Å². The molecule has 1 heterocycles. The number of piperidine rings is 1. The zero-order valence-electron chi connectivity index (χ0n) is 16.9. The van der Waals surface area contributed by atoms with Gasteiger partial charge in [0.2, 0.25) is 14.8 Å². The molecule has 0 saturated carbocycles. The van der Waals surface area contributed by atoms with Crippen LogP contribution in [0.2, 0.25) is 0 Å². The van der Waals surface area contributed by atoms with Crippen LogP contribution in [0.15, 0.2) is 29.4 Å². The van der Waals surface area contributed by atoms with E-state index in [1.54, 1.807) is 6.92 Å². The van der Waals surface area contributed by atoms with Crippen LogP contribution in [-0.2, 0) is 4.79 Å². The van der Waals surface area contributed by atoms with Crippen LogP contribution in [0.4, 0.5) is 5.69 Å². The SMILES string of the molecule is C/C(=N/NC(=S)NN)[C@@H](C(=O)Nc1ccccc1C)[C@H](N1CCCCC1)C(Cl)(Cl)Cl. The van der Waals surface area contributed by atoms with Crippen molar-refractivity contribution in [3.8, 4) is 0 Å². The first-order chi connectivity index (χ1) is 14.1. The van der Waals surface area contributed by atoms with Crippen LogP contribution in [0, 0.1) is 12.8 Å². The molecule has 2 atom stereocenters. The number of anilines is 1. The number of hydrogen-bond acceptors (Lipinski definition) is 5. The molecular weight excluding hydrogens is 467 g/mol. The number of hydrazone groups is 1. The van der Waals surface area contributed by atoms with E-state index in [9.17, 15) is 4.79 Å². The number of likely N-dealkylation sites (tertiary alicyclic amines) is 1. The van der Waals surface area contributed by atoms with Crippen LogP contribution >= 0.6 is 47.0 Å². The first-order valence-corrected chi connectivity index (χ1v) is 11.2. The van der Waals surface area contributed by atoms with Crippen molar-refractivity contribution >= 4 is 69.4 Å². The highest BCUT2D eigenvalue weighted by Crippen LogP contribution is 2.39. The van der Waals surface area contributed by atoms with Crippen molar-refractivity contribution < 1.29 is 4.79 Å². The average molecular weight is 494 g/mol. The fraction of sp³-hybridized carbons (Fsp3) is 0.526. The minimum absolute atomic E-state index is 0.107. The second kappa shape index (κ2) is 11.5. The Hall–Kier alpha value is -1.16. The van der Waals surface area contributed by atoms with Crippen molar-refractivity contribution in [2.24, 2.45) is 16.9 Å². The molecule has 166 valence electrons. The van der Waals surface area contributed by atoms with Crippen LogP contribution < -0.4 is 22.0 Å². The maximum absolute atomic E-state index is 13.5. The number of benzene rings is 1. The third-order valence-corrected chi connectivity index (χ3v) is 5.92. The molecule has 1 amide bonds. The summed E-state index contributed by atoms with van der Waals surface area (Å²) in [6, 6.07) is 6.78.